The van der Waals surface area contributed by atoms with Crippen molar-refractivity contribution in [3.63, 3.8) is 0 Å². The normalized spacial score (nSPS) is 20.3. The minimum atomic E-state index is -0.687. The number of hydrogen-bond acceptors (Lipinski definition) is 6. The molecule has 1 saturated heterocycles. The van der Waals surface area contributed by atoms with Gasteiger partial charge in [0, 0.05) is 17.3 Å². The minimum Gasteiger partial charge on any atom is -0.346 e. The van der Waals surface area contributed by atoms with E-state index in [1.807, 2.05) is 13.8 Å². The second kappa shape index (κ2) is 5.42. The largest absolute Gasteiger partial charge is 0.346 e. The molecule has 1 N–H and O–H groups in total. The van der Waals surface area contributed by atoms with Gasteiger partial charge in [0.05, 0.1) is 11.6 Å². The van der Waals surface area contributed by atoms with Crippen LogP contribution in [0.1, 0.15) is 13.8 Å². The zero-order chi connectivity index (χ0) is 15.8. The smallest absolute Gasteiger partial charge is 0.288 e. The van der Waals surface area contributed by atoms with E-state index in [4.69, 9.17) is 11.6 Å². The van der Waals surface area contributed by atoms with Crippen LogP contribution >= 0.6 is 11.6 Å². The zero-order valence-electron chi connectivity index (χ0n) is 11.5. The third-order valence-corrected chi connectivity index (χ3v) is 3.85. The topological polar surface area (TPSA) is 92.5 Å². The first-order chi connectivity index (χ1) is 9.77. The Morgan fingerprint density at radius 1 is 1.57 bits per heavy atom. The summed E-state index contributed by atoms with van der Waals surface area (Å²) in [6.45, 7) is 3.96. The fourth-order valence-electron chi connectivity index (χ4n) is 2.50. The van der Waals surface area contributed by atoms with E-state index in [1.165, 1.54) is 18.2 Å². The predicted octanol–water partition coefficient (Wildman–Crippen LogP) is 1.53. The van der Waals surface area contributed by atoms with Crippen LogP contribution in [-0.4, -0.2) is 35.2 Å². The summed E-state index contributed by atoms with van der Waals surface area (Å²) in [7, 11) is 0. The van der Waals surface area contributed by atoms with E-state index < -0.39 is 22.3 Å². The van der Waals surface area contributed by atoms with E-state index in [2.05, 4.69) is 5.32 Å². The number of carbonyl (C=O) groups is 2. The highest BCUT2D eigenvalue weighted by atomic mass is 35.5. The molecular formula is C13H14ClN3O4. The Morgan fingerprint density at radius 2 is 2.24 bits per heavy atom. The maximum absolute atomic E-state index is 11.9. The number of aldehydes is 1. The van der Waals surface area contributed by atoms with E-state index >= 15 is 0 Å². The number of benzene rings is 1. The van der Waals surface area contributed by atoms with Crippen molar-refractivity contribution in [3.05, 3.63) is 33.3 Å². The van der Waals surface area contributed by atoms with Gasteiger partial charge in [-0.25, -0.2) is 0 Å². The summed E-state index contributed by atoms with van der Waals surface area (Å²) in [6.07, 6.45) is 0.291. The number of nitro benzene ring substituents is 1. The van der Waals surface area contributed by atoms with Gasteiger partial charge in [-0.2, -0.15) is 0 Å². The van der Waals surface area contributed by atoms with Crippen LogP contribution in [0.5, 0.6) is 0 Å². The zero-order valence-corrected chi connectivity index (χ0v) is 12.3. The number of rotatable bonds is 4. The highest BCUT2D eigenvalue weighted by Gasteiger charge is 2.44. The molecule has 0 saturated carbocycles. The first-order valence-electron chi connectivity index (χ1n) is 6.22. The summed E-state index contributed by atoms with van der Waals surface area (Å²) in [5, 5.41) is 13.9. The van der Waals surface area contributed by atoms with Gasteiger partial charge in [-0.3, -0.25) is 25.0 Å². The first-order valence-corrected chi connectivity index (χ1v) is 6.60. The molecule has 1 aromatic carbocycles. The maximum atomic E-state index is 11.9. The molecule has 1 fully saturated rings. The van der Waals surface area contributed by atoms with Crippen molar-refractivity contribution >= 4 is 35.0 Å². The van der Waals surface area contributed by atoms with Gasteiger partial charge in [-0.15, -0.1) is 0 Å². The average Bonchev–Trinajstić information content (AvgIpc) is 2.73. The molecule has 7 nitrogen and oxygen atoms in total. The van der Waals surface area contributed by atoms with Gasteiger partial charge in [0.25, 0.3) is 5.69 Å². The number of nitrogens with zero attached hydrogens (tertiary/aromatic N) is 2. The highest BCUT2D eigenvalue weighted by molar-refractivity contribution is 6.33. The number of hydrogen-bond donors (Lipinski definition) is 1. The van der Waals surface area contributed by atoms with E-state index in [1.54, 1.807) is 4.90 Å². The first kappa shape index (κ1) is 15.4. The lowest BCUT2D eigenvalue weighted by Gasteiger charge is -2.30. The number of carbonyl (C=O) groups excluding carboxylic acids is 2. The lowest BCUT2D eigenvalue weighted by atomic mass is 9.92. The summed E-state index contributed by atoms with van der Waals surface area (Å²) in [5.74, 6) is -0.556. The predicted molar refractivity (Wildman–Crippen MR) is 77.5 cm³/mol. The average molecular weight is 312 g/mol. The molecule has 0 aromatic heterocycles. The maximum Gasteiger partial charge on any atom is 0.288 e. The monoisotopic (exact) mass is 311 g/mol. The van der Waals surface area contributed by atoms with Crippen LogP contribution in [0.3, 0.4) is 0 Å². The Morgan fingerprint density at radius 3 is 2.76 bits per heavy atom. The van der Waals surface area contributed by atoms with Crippen molar-refractivity contribution < 1.29 is 14.5 Å². The molecule has 0 amide bonds. The molecule has 8 heteroatoms. The standard InChI is InChI=1S/C13H14ClN3O4/c1-13(2)12(11(19)6-18)16(7-15-13)8-3-4-10(17(20)21)9(14)5-8/h3-6,12,15H,7H2,1-2H3. The van der Waals surface area contributed by atoms with Crippen LogP contribution < -0.4 is 10.2 Å². The molecule has 2 rings (SSSR count). The molecule has 1 heterocycles. The third kappa shape index (κ3) is 2.74. The van der Waals surface area contributed by atoms with E-state index in [0.717, 1.165) is 0 Å². The molecule has 0 bridgehead atoms. The fourth-order valence-corrected chi connectivity index (χ4v) is 2.75. The minimum absolute atomic E-state index is 0.0143. The van der Waals surface area contributed by atoms with Crippen LogP contribution in [0.25, 0.3) is 0 Å². The summed E-state index contributed by atoms with van der Waals surface area (Å²) in [6, 6.07) is 3.53. The van der Waals surface area contributed by atoms with Gasteiger partial charge in [0.1, 0.15) is 11.1 Å². The molecule has 1 unspecified atom stereocenters. The summed E-state index contributed by atoms with van der Waals surface area (Å²) in [4.78, 5) is 34.6. The van der Waals surface area contributed by atoms with E-state index in [0.29, 0.717) is 18.6 Å². The van der Waals surface area contributed by atoms with E-state index in [9.17, 15) is 19.7 Å². The Labute approximate surface area is 126 Å². The number of halogens is 1. The second-order valence-corrected chi connectivity index (χ2v) is 5.75. The molecular weight excluding hydrogens is 298 g/mol. The number of anilines is 1. The van der Waals surface area contributed by atoms with Gasteiger partial charge >= 0.3 is 0 Å². The van der Waals surface area contributed by atoms with Gasteiger partial charge in [-0.1, -0.05) is 11.6 Å². The van der Waals surface area contributed by atoms with Crippen molar-refractivity contribution in [2.75, 3.05) is 11.6 Å². The summed E-state index contributed by atoms with van der Waals surface area (Å²) >= 11 is 5.89. The quantitative estimate of drug-likeness (QED) is 0.392. The summed E-state index contributed by atoms with van der Waals surface area (Å²) in [5.41, 5.74) is -0.249. The van der Waals surface area contributed by atoms with Gasteiger partial charge in [0.15, 0.2) is 6.29 Å². The molecule has 0 aliphatic carbocycles. The van der Waals surface area contributed by atoms with Crippen molar-refractivity contribution in [1.82, 2.24) is 5.32 Å². The second-order valence-electron chi connectivity index (χ2n) is 5.34. The van der Waals surface area contributed by atoms with Crippen molar-refractivity contribution in [2.24, 2.45) is 0 Å². The lowest BCUT2D eigenvalue weighted by molar-refractivity contribution is -0.384. The molecule has 1 aromatic rings. The van der Waals surface area contributed by atoms with Crippen LogP contribution in [0, 0.1) is 10.1 Å². The molecule has 21 heavy (non-hydrogen) atoms. The number of nitro groups is 1. The molecule has 0 radical (unpaired) electrons. The fraction of sp³-hybridized carbons (Fsp3) is 0.385. The lowest BCUT2D eigenvalue weighted by Crippen LogP contribution is -2.50. The Balaban J connectivity index is 2.41. The molecule has 1 atom stereocenters. The van der Waals surface area contributed by atoms with Crippen LogP contribution in [0.15, 0.2) is 18.2 Å². The van der Waals surface area contributed by atoms with Gasteiger partial charge in [0.2, 0.25) is 5.78 Å². The number of ketones is 1. The van der Waals surface area contributed by atoms with Gasteiger partial charge < -0.3 is 4.90 Å². The SMILES string of the molecule is CC1(C)NCN(c2ccc([N+](=O)[O-])c(Cl)c2)C1C(=O)C=O. The van der Waals surface area contributed by atoms with Crippen molar-refractivity contribution in [2.45, 2.75) is 25.4 Å². The molecule has 1 aliphatic rings. The van der Waals surface area contributed by atoms with Gasteiger partial charge in [-0.05, 0) is 26.0 Å². The van der Waals surface area contributed by atoms with Crippen LogP contribution in [-0.2, 0) is 9.59 Å². The van der Waals surface area contributed by atoms with Crippen LogP contribution in [0.4, 0.5) is 11.4 Å². The summed E-state index contributed by atoms with van der Waals surface area (Å²) < 4.78 is 0. The molecule has 1 aliphatic heterocycles. The number of Topliss-reactive ketones (excluding diaryl/α,β-unsaturated/α-hetero) is 1. The molecule has 112 valence electrons. The molecule has 0 spiro atoms. The van der Waals surface area contributed by atoms with Crippen molar-refractivity contribution in [1.29, 1.82) is 0 Å². The van der Waals surface area contributed by atoms with Crippen LogP contribution in [0.2, 0.25) is 5.02 Å². The van der Waals surface area contributed by atoms with E-state index in [-0.39, 0.29) is 10.7 Å². The highest BCUT2D eigenvalue weighted by Crippen LogP contribution is 2.33. The van der Waals surface area contributed by atoms with Crippen molar-refractivity contribution in [3.8, 4) is 0 Å². The Kier molecular flexibility index (Phi) is 3.97. The Hall–Kier alpha value is -1.99. The number of nitrogens with one attached hydrogen (secondary N) is 1. The Bertz CT molecular complexity index is 617. The third-order valence-electron chi connectivity index (χ3n) is 3.55.